The zero-order chi connectivity index (χ0) is 20.6. The van der Waals surface area contributed by atoms with Crippen molar-refractivity contribution in [2.45, 2.75) is 32.6 Å². The molecule has 0 aliphatic heterocycles. The highest BCUT2D eigenvalue weighted by Gasteiger charge is 2.13. The minimum atomic E-state index is -0.323. The first-order chi connectivity index (χ1) is 14.0. The fraction of sp³-hybridized carbons (Fsp3) is 0.200. The summed E-state index contributed by atoms with van der Waals surface area (Å²) in [5, 5.41) is 12.8. The number of phenols is 1. The molecule has 3 aromatic carbocycles. The van der Waals surface area contributed by atoms with Crippen LogP contribution in [0.3, 0.4) is 0 Å². The van der Waals surface area contributed by atoms with E-state index < -0.39 is 0 Å². The summed E-state index contributed by atoms with van der Waals surface area (Å²) in [6.07, 6.45) is 4.25. The summed E-state index contributed by atoms with van der Waals surface area (Å²) in [6, 6.07) is 22.7. The Morgan fingerprint density at radius 3 is 2.03 bits per heavy atom. The second-order valence-corrected chi connectivity index (χ2v) is 7.10. The van der Waals surface area contributed by atoms with Crippen LogP contribution in [-0.4, -0.2) is 16.8 Å². The van der Waals surface area contributed by atoms with Gasteiger partial charge in [-0.15, -0.1) is 0 Å². The van der Waals surface area contributed by atoms with Crippen molar-refractivity contribution in [1.29, 1.82) is 0 Å². The third-order valence-electron chi connectivity index (χ3n) is 4.90. The van der Waals surface area contributed by atoms with Gasteiger partial charge in [0.2, 0.25) is 0 Å². The van der Waals surface area contributed by atoms with Gasteiger partial charge in [-0.25, -0.2) is 0 Å². The van der Waals surface area contributed by atoms with Gasteiger partial charge in [0.05, 0.1) is 11.3 Å². The molecule has 4 nitrogen and oxygen atoms in total. The first-order valence-corrected chi connectivity index (χ1v) is 9.82. The van der Waals surface area contributed by atoms with Gasteiger partial charge in [0.25, 0.3) is 5.91 Å². The number of nitrogens with one attached hydrogen (secondary N) is 1. The van der Waals surface area contributed by atoms with Gasteiger partial charge in [-0.05, 0) is 68.0 Å². The molecule has 0 radical (unpaired) electrons. The van der Waals surface area contributed by atoms with Gasteiger partial charge >= 0.3 is 0 Å². The van der Waals surface area contributed by atoms with E-state index in [0.717, 1.165) is 25.7 Å². The molecule has 0 bridgehead atoms. The summed E-state index contributed by atoms with van der Waals surface area (Å²) in [7, 11) is 0. The van der Waals surface area contributed by atoms with Crippen LogP contribution in [0.15, 0.2) is 72.8 Å². The summed E-state index contributed by atoms with van der Waals surface area (Å²) in [5.74, 6) is -0.782. The molecule has 0 saturated carbocycles. The van der Waals surface area contributed by atoms with Crippen molar-refractivity contribution in [3.05, 3.63) is 95.1 Å². The third-order valence-corrected chi connectivity index (χ3v) is 4.90. The fourth-order valence-electron chi connectivity index (χ4n) is 3.25. The highest BCUT2D eigenvalue weighted by molar-refractivity contribution is 6.06. The standard InChI is InChI=1S/C25H25NO3/c1-18(27)22-12-7-13-23(24(22)28)26-25(29)21-16-14-20(15-17-21)11-6-5-10-19-8-3-2-4-9-19/h2-4,7-9,12-17,28H,5-6,10-11H2,1H3,(H,26,29). The predicted molar refractivity (Wildman–Crippen MR) is 116 cm³/mol. The smallest absolute Gasteiger partial charge is 0.255 e. The predicted octanol–water partition coefficient (Wildman–Crippen LogP) is 5.41. The molecule has 0 spiro atoms. The lowest BCUT2D eigenvalue weighted by Gasteiger charge is -2.10. The van der Waals surface area contributed by atoms with Crippen molar-refractivity contribution < 1.29 is 14.7 Å². The average Bonchev–Trinajstić information content (AvgIpc) is 2.73. The first-order valence-electron chi connectivity index (χ1n) is 9.82. The molecule has 29 heavy (non-hydrogen) atoms. The number of aryl methyl sites for hydroxylation is 2. The molecule has 0 heterocycles. The molecule has 0 saturated heterocycles. The van der Waals surface area contributed by atoms with Crippen LogP contribution in [-0.2, 0) is 12.8 Å². The Hall–Kier alpha value is -3.40. The Bertz CT molecular complexity index is 979. The number of hydrogen-bond donors (Lipinski definition) is 2. The number of phenolic OH excluding ortho intramolecular Hbond substituents is 1. The van der Waals surface area contributed by atoms with Gasteiger partial charge in [-0.1, -0.05) is 48.5 Å². The quantitative estimate of drug-likeness (QED) is 0.308. The molecule has 0 aromatic heterocycles. The van der Waals surface area contributed by atoms with Crippen LogP contribution in [0.25, 0.3) is 0 Å². The van der Waals surface area contributed by atoms with E-state index in [1.54, 1.807) is 24.3 Å². The number of carbonyl (C=O) groups excluding carboxylic acids is 2. The van der Waals surface area contributed by atoms with Crippen LogP contribution < -0.4 is 5.32 Å². The van der Waals surface area contributed by atoms with Gasteiger partial charge in [0.1, 0.15) is 5.75 Å². The molecule has 0 aliphatic rings. The van der Waals surface area contributed by atoms with E-state index in [9.17, 15) is 14.7 Å². The van der Waals surface area contributed by atoms with Gasteiger partial charge < -0.3 is 10.4 Å². The van der Waals surface area contributed by atoms with E-state index in [4.69, 9.17) is 0 Å². The van der Waals surface area contributed by atoms with Gasteiger partial charge in [0.15, 0.2) is 5.78 Å². The number of unbranched alkanes of at least 4 members (excludes halogenated alkanes) is 1. The van der Waals surface area contributed by atoms with Gasteiger partial charge in [-0.3, -0.25) is 9.59 Å². The fourth-order valence-corrected chi connectivity index (χ4v) is 3.25. The zero-order valence-corrected chi connectivity index (χ0v) is 16.5. The SMILES string of the molecule is CC(=O)c1cccc(NC(=O)c2ccc(CCCCc3ccccc3)cc2)c1O. The van der Waals surface area contributed by atoms with Crippen LogP contribution in [0.2, 0.25) is 0 Å². The Kier molecular flexibility index (Phi) is 6.80. The molecular weight excluding hydrogens is 362 g/mol. The Balaban J connectivity index is 1.54. The lowest BCUT2D eigenvalue weighted by Crippen LogP contribution is -2.12. The molecule has 4 heteroatoms. The van der Waals surface area contributed by atoms with Crippen molar-refractivity contribution in [3.63, 3.8) is 0 Å². The lowest BCUT2D eigenvalue weighted by atomic mass is 10.0. The van der Waals surface area contributed by atoms with Crippen molar-refractivity contribution in [3.8, 4) is 5.75 Å². The van der Waals surface area contributed by atoms with E-state index in [1.807, 2.05) is 18.2 Å². The second-order valence-electron chi connectivity index (χ2n) is 7.10. The minimum absolute atomic E-state index is 0.189. The van der Waals surface area contributed by atoms with Crippen LogP contribution in [0.5, 0.6) is 5.75 Å². The number of aromatic hydroxyl groups is 1. The number of amides is 1. The zero-order valence-electron chi connectivity index (χ0n) is 16.5. The average molecular weight is 387 g/mol. The number of ketones is 1. The summed E-state index contributed by atoms with van der Waals surface area (Å²) < 4.78 is 0. The van der Waals surface area contributed by atoms with Crippen molar-refractivity contribution in [2.75, 3.05) is 5.32 Å². The van der Waals surface area contributed by atoms with E-state index in [2.05, 4.69) is 29.6 Å². The number of carbonyl (C=O) groups is 2. The largest absolute Gasteiger partial charge is 0.505 e. The summed E-state index contributed by atoms with van der Waals surface area (Å²) >= 11 is 0. The Morgan fingerprint density at radius 1 is 0.793 bits per heavy atom. The number of benzene rings is 3. The number of rotatable bonds is 8. The lowest BCUT2D eigenvalue weighted by molar-refractivity contribution is 0.100. The van der Waals surface area contributed by atoms with Crippen LogP contribution in [0, 0.1) is 0 Å². The molecule has 148 valence electrons. The maximum atomic E-state index is 12.5. The number of para-hydroxylation sites is 1. The maximum absolute atomic E-state index is 12.5. The van der Waals surface area contributed by atoms with Crippen LogP contribution in [0.1, 0.15) is 51.6 Å². The molecule has 0 atom stereocenters. The van der Waals surface area contributed by atoms with Crippen LogP contribution in [0.4, 0.5) is 5.69 Å². The van der Waals surface area contributed by atoms with E-state index in [0.29, 0.717) is 5.56 Å². The number of Topliss-reactive ketones (excluding diaryl/α,β-unsaturated/α-hetero) is 1. The van der Waals surface area contributed by atoms with Crippen molar-refractivity contribution >= 4 is 17.4 Å². The third kappa shape index (κ3) is 5.55. The molecule has 0 aliphatic carbocycles. The highest BCUT2D eigenvalue weighted by atomic mass is 16.3. The molecular formula is C25H25NO3. The summed E-state index contributed by atoms with van der Waals surface area (Å²) in [5.41, 5.74) is 3.47. The van der Waals surface area contributed by atoms with Crippen molar-refractivity contribution in [2.24, 2.45) is 0 Å². The molecule has 3 aromatic rings. The normalized spacial score (nSPS) is 10.5. The number of hydrogen-bond acceptors (Lipinski definition) is 3. The Morgan fingerprint density at radius 2 is 1.41 bits per heavy atom. The van der Waals surface area contributed by atoms with Crippen LogP contribution >= 0.6 is 0 Å². The minimum Gasteiger partial charge on any atom is -0.505 e. The monoisotopic (exact) mass is 387 g/mol. The molecule has 3 rings (SSSR count). The Labute approximate surface area is 171 Å². The first kappa shape index (κ1) is 20.3. The summed E-state index contributed by atoms with van der Waals surface area (Å²) in [4.78, 5) is 24.0. The topological polar surface area (TPSA) is 66.4 Å². The number of anilines is 1. The second kappa shape index (κ2) is 9.69. The highest BCUT2D eigenvalue weighted by Crippen LogP contribution is 2.28. The van der Waals surface area contributed by atoms with Crippen molar-refractivity contribution in [1.82, 2.24) is 0 Å². The van der Waals surface area contributed by atoms with E-state index in [-0.39, 0.29) is 28.7 Å². The molecule has 1 amide bonds. The van der Waals surface area contributed by atoms with Gasteiger partial charge in [-0.2, -0.15) is 0 Å². The van der Waals surface area contributed by atoms with E-state index in [1.165, 1.54) is 24.1 Å². The van der Waals surface area contributed by atoms with E-state index >= 15 is 0 Å². The molecule has 0 unspecified atom stereocenters. The van der Waals surface area contributed by atoms with Gasteiger partial charge in [0, 0.05) is 5.56 Å². The maximum Gasteiger partial charge on any atom is 0.255 e. The summed E-state index contributed by atoms with van der Waals surface area (Å²) in [6.45, 7) is 1.37. The molecule has 2 N–H and O–H groups in total. The molecule has 0 fully saturated rings.